The van der Waals surface area contributed by atoms with Crippen LogP contribution in [0.1, 0.15) is 116 Å². The van der Waals surface area contributed by atoms with Gasteiger partial charge in [0.1, 0.15) is 0 Å². The van der Waals surface area contributed by atoms with Gasteiger partial charge >= 0.3 is 26.2 Å². The molecule has 0 aliphatic rings. The monoisotopic (exact) mass is 916 g/mol. The van der Waals surface area contributed by atoms with Crippen LogP contribution >= 0.6 is 0 Å². The van der Waals surface area contributed by atoms with Crippen molar-refractivity contribution >= 4 is 52.6 Å². The van der Waals surface area contributed by atoms with E-state index in [1.54, 1.807) is 24.3 Å². The zero-order chi connectivity index (χ0) is 45.5. The van der Waals surface area contributed by atoms with E-state index in [9.17, 15) is 10.2 Å². The molecule has 0 aromatic heterocycles. The van der Waals surface area contributed by atoms with Crippen molar-refractivity contribution in [2.24, 2.45) is 0 Å². The molecule has 0 atom stereocenters. The van der Waals surface area contributed by atoms with Crippen LogP contribution in [0.5, 0.6) is 11.5 Å². The molecule has 2 nitrogen and oxygen atoms in total. The van der Waals surface area contributed by atoms with Gasteiger partial charge in [-0.2, -0.15) is 12.1 Å². The number of hydrogen-bond acceptors (Lipinski definition) is 2. The first kappa shape index (κ1) is 52.1. The zero-order valence-corrected chi connectivity index (χ0v) is 44.0. The second-order valence-electron chi connectivity index (χ2n) is 20.6. The summed E-state index contributed by atoms with van der Waals surface area (Å²) in [6.45, 7) is 34.2. The Bertz CT molecular complexity index is 2410. The summed E-state index contributed by atoms with van der Waals surface area (Å²) in [6.07, 6.45) is 0. The predicted octanol–water partition coefficient (Wildman–Crippen LogP) is 15.5. The van der Waals surface area contributed by atoms with Gasteiger partial charge in [0.25, 0.3) is 0 Å². The molecule has 322 valence electrons. The Balaban J connectivity index is 0.000000214. The minimum atomic E-state index is 0. The second kappa shape index (κ2) is 21.4. The number of fused-ring (bicyclic) bond motifs is 6. The molecule has 0 saturated carbocycles. The maximum atomic E-state index is 11.6. The molecule has 4 heteroatoms. The van der Waals surface area contributed by atoms with Gasteiger partial charge in [-0.3, -0.25) is 0 Å². The van der Waals surface area contributed by atoms with Crippen molar-refractivity contribution in [2.75, 3.05) is 0 Å². The minimum Gasteiger partial charge on any atom is -0.872 e. The quantitative estimate of drug-likeness (QED) is 0.112. The third-order valence-electron chi connectivity index (χ3n) is 10.8. The van der Waals surface area contributed by atoms with Gasteiger partial charge in [0, 0.05) is 9.52 Å². The van der Waals surface area contributed by atoms with Gasteiger partial charge < -0.3 is 10.2 Å². The standard InChI is InChI=1S/2C14H22O.2C14H11.C2H6Si.Zr/c2*1-13(2,3)10-7-11(14(4,5)6)9-12(15)8-10;2*1-10-8-12-7-6-11-4-2-3-5-13(11)14(12)9-10;1-3-2;/h2*7-9,15H,1-6H3;2*2-9H,1H3;1-2H3;/q;;2*-1;;+4/p-2. The van der Waals surface area contributed by atoms with Gasteiger partial charge in [-0.25, -0.2) is 0 Å². The smallest absolute Gasteiger partial charge is 0.872 e. The number of benzene rings is 6. The van der Waals surface area contributed by atoms with E-state index < -0.39 is 0 Å². The van der Waals surface area contributed by atoms with E-state index in [-0.39, 0.29) is 59.4 Å². The van der Waals surface area contributed by atoms with Crippen molar-refractivity contribution in [3.8, 4) is 11.5 Å². The normalized spacial score (nSPS) is 11.6. The number of hydrogen-bond donors (Lipinski definition) is 0. The van der Waals surface area contributed by atoms with Gasteiger partial charge in [0.05, 0.1) is 0 Å². The topological polar surface area (TPSA) is 46.1 Å². The summed E-state index contributed by atoms with van der Waals surface area (Å²) < 4.78 is 0. The maximum absolute atomic E-state index is 11.6. The van der Waals surface area contributed by atoms with E-state index in [1.165, 1.54) is 54.2 Å². The molecule has 0 saturated heterocycles. The van der Waals surface area contributed by atoms with Crippen LogP contribution < -0.4 is 10.2 Å². The fourth-order valence-electron chi connectivity index (χ4n) is 7.16. The summed E-state index contributed by atoms with van der Waals surface area (Å²) >= 11 is 0. The minimum absolute atomic E-state index is 0. The fraction of sp³-hybridized carbons (Fsp3) is 0.345. The molecule has 0 heterocycles. The van der Waals surface area contributed by atoms with Gasteiger partial charge in [0.2, 0.25) is 0 Å². The van der Waals surface area contributed by atoms with Crippen LogP contribution in [0, 0.1) is 13.8 Å². The summed E-state index contributed by atoms with van der Waals surface area (Å²) in [4.78, 5) is 0. The molecule has 8 rings (SSSR count). The van der Waals surface area contributed by atoms with Crippen LogP contribution in [0.3, 0.4) is 0 Å². The van der Waals surface area contributed by atoms with Crippen molar-refractivity contribution in [3.63, 3.8) is 0 Å². The van der Waals surface area contributed by atoms with Crippen LogP contribution in [0.2, 0.25) is 13.1 Å². The summed E-state index contributed by atoms with van der Waals surface area (Å²) in [5.41, 5.74) is 7.36. The Labute approximate surface area is 396 Å². The van der Waals surface area contributed by atoms with Crippen LogP contribution in [-0.4, -0.2) is 9.52 Å². The summed E-state index contributed by atoms with van der Waals surface area (Å²) in [7, 11) is 1.08. The summed E-state index contributed by atoms with van der Waals surface area (Å²) in [5.74, 6) is 0.236. The van der Waals surface area contributed by atoms with E-state index in [2.05, 4.69) is 219 Å². The molecule has 0 fully saturated rings. The Morgan fingerprint density at radius 3 is 0.935 bits per heavy atom. The summed E-state index contributed by atoms with van der Waals surface area (Å²) in [6, 6.07) is 46.2. The van der Waals surface area contributed by atoms with E-state index in [0.717, 1.165) is 31.8 Å². The number of aryl methyl sites for hydroxylation is 2. The molecule has 62 heavy (non-hydrogen) atoms. The zero-order valence-electron chi connectivity index (χ0n) is 40.5. The SMILES string of the molecule is CC(C)(C)c1cc([O-])cc(C(C)(C)C)c1.CC(C)(C)c1cc([O-])cc(C(C)(C)C)c1.C[Si]C.Cc1cc2c(ccc3ccccc32)[cH-]1.Cc1cc2c(ccc3ccccc32)[cH-]1.[Zr+4]. The number of rotatable bonds is 0. The van der Waals surface area contributed by atoms with Crippen LogP contribution in [0.15, 0.2) is 133 Å². The van der Waals surface area contributed by atoms with E-state index in [1.807, 2.05) is 0 Å². The first-order valence-electron chi connectivity index (χ1n) is 21.7. The average molecular weight is 919 g/mol. The molecule has 0 aliphatic heterocycles. The molecule has 0 spiro atoms. The molecular formula is C58H70O2SiZr. The molecule has 0 unspecified atom stereocenters. The van der Waals surface area contributed by atoms with Crippen molar-refractivity contribution in [1.82, 2.24) is 0 Å². The van der Waals surface area contributed by atoms with Gasteiger partial charge in [-0.05, 0) is 54.7 Å². The van der Waals surface area contributed by atoms with Gasteiger partial charge in [-0.1, -0.05) is 218 Å². The molecular weight excluding hydrogens is 848 g/mol. The van der Waals surface area contributed by atoms with E-state index >= 15 is 0 Å². The fourth-order valence-corrected chi connectivity index (χ4v) is 7.16. The van der Waals surface area contributed by atoms with Crippen LogP contribution in [0.4, 0.5) is 0 Å². The van der Waals surface area contributed by atoms with Crippen molar-refractivity contribution in [2.45, 2.75) is 132 Å². The third-order valence-corrected chi connectivity index (χ3v) is 10.8. The Morgan fingerprint density at radius 1 is 0.387 bits per heavy atom. The molecule has 0 bridgehead atoms. The Hall–Kier alpha value is -4.24. The summed E-state index contributed by atoms with van der Waals surface area (Å²) in [5, 5.41) is 34.0. The first-order valence-corrected chi connectivity index (χ1v) is 23.7. The van der Waals surface area contributed by atoms with Crippen molar-refractivity contribution < 1.29 is 36.4 Å². The molecule has 8 aromatic rings. The van der Waals surface area contributed by atoms with Crippen molar-refractivity contribution in [1.29, 1.82) is 0 Å². The largest absolute Gasteiger partial charge is 4.00 e. The molecule has 2 radical (unpaired) electrons. The second-order valence-corrected chi connectivity index (χ2v) is 21.6. The third kappa shape index (κ3) is 14.4. The van der Waals surface area contributed by atoms with E-state index in [4.69, 9.17) is 0 Å². The predicted molar refractivity (Wildman–Crippen MR) is 268 cm³/mol. The van der Waals surface area contributed by atoms with E-state index in [0.29, 0.717) is 0 Å². The Morgan fingerprint density at radius 2 is 0.661 bits per heavy atom. The molecule has 0 N–H and O–H groups in total. The van der Waals surface area contributed by atoms with Gasteiger partial charge in [-0.15, -0.1) is 68.4 Å². The molecule has 8 aromatic carbocycles. The maximum Gasteiger partial charge on any atom is 4.00 e. The van der Waals surface area contributed by atoms with Crippen LogP contribution in [0.25, 0.3) is 43.1 Å². The Kier molecular flexibility index (Phi) is 18.0. The molecule has 0 aliphatic carbocycles. The molecule has 0 amide bonds. The average Bonchev–Trinajstić information content (AvgIpc) is 3.75. The first-order chi connectivity index (χ1) is 28.3. The van der Waals surface area contributed by atoms with Crippen LogP contribution in [-0.2, 0) is 47.9 Å². The van der Waals surface area contributed by atoms with Gasteiger partial charge in [0.15, 0.2) is 0 Å². The van der Waals surface area contributed by atoms with Crippen molar-refractivity contribution in [3.05, 3.63) is 167 Å².